The molecule has 0 bridgehead atoms. The van der Waals surface area contributed by atoms with Crippen LogP contribution in [0.3, 0.4) is 0 Å². The zero-order valence-electron chi connectivity index (χ0n) is 18.2. The third-order valence-electron chi connectivity index (χ3n) is 4.91. The van der Waals surface area contributed by atoms with Crippen molar-refractivity contribution in [1.82, 2.24) is 29.4 Å². The van der Waals surface area contributed by atoms with Crippen LogP contribution in [0.1, 0.15) is 33.6 Å². The van der Waals surface area contributed by atoms with E-state index in [0.717, 1.165) is 23.9 Å². The first-order valence-electron chi connectivity index (χ1n) is 10.3. The van der Waals surface area contributed by atoms with Crippen LogP contribution < -0.4 is 10.1 Å². The summed E-state index contributed by atoms with van der Waals surface area (Å²) in [6.45, 7) is 6.86. The predicted octanol–water partition coefficient (Wildman–Crippen LogP) is 3.03. The molecular formula is C21H27N7O3. The van der Waals surface area contributed by atoms with Crippen molar-refractivity contribution in [3.8, 4) is 11.7 Å². The smallest absolute Gasteiger partial charge is 0.410 e. The van der Waals surface area contributed by atoms with Crippen molar-refractivity contribution in [2.75, 3.05) is 25.5 Å². The Hall–Kier alpha value is -3.43. The fourth-order valence-corrected chi connectivity index (χ4v) is 3.53. The molecule has 0 aliphatic carbocycles. The zero-order valence-corrected chi connectivity index (χ0v) is 18.2. The first-order valence-corrected chi connectivity index (χ1v) is 10.3. The summed E-state index contributed by atoms with van der Waals surface area (Å²) in [5, 5.41) is 3.41. The van der Waals surface area contributed by atoms with E-state index in [9.17, 15) is 4.79 Å². The lowest BCUT2D eigenvalue weighted by Gasteiger charge is -2.34. The summed E-state index contributed by atoms with van der Waals surface area (Å²) < 4.78 is 12.6. The normalized spacial score (nSPS) is 16.9. The molecule has 10 nitrogen and oxygen atoms in total. The van der Waals surface area contributed by atoms with Crippen LogP contribution in [0.5, 0.6) is 5.88 Å². The molecule has 31 heavy (non-hydrogen) atoms. The Kier molecular flexibility index (Phi) is 5.62. The van der Waals surface area contributed by atoms with Gasteiger partial charge in [0.15, 0.2) is 5.82 Å². The Bertz CT molecular complexity index is 1080. The van der Waals surface area contributed by atoms with Crippen molar-refractivity contribution < 1.29 is 14.3 Å². The number of hydrogen-bond acceptors (Lipinski definition) is 8. The fourth-order valence-electron chi connectivity index (χ4n) is 3.53. The largest absolute Gasteiger partial charge is 0.481 e. The molecule has 0 radical (unpaired) electrons. The zero-order chi connectivity index (χ0) is 22.0. The van der Waals surface area contributed by atoms with E-state index >= 15 is 0 Å². The SMILES string of the molecule is COc1cc2c(cn1)ncn2-c1cncc(N[C@@H]2CCCN(C(=O)OC(C)(C)C)C2)n1. The number of aromatic nitrogens is 5. The van der Waals surface area contributed by atoms with Crippen LogP contribution in [-0.4, -0.2) is 67.3 Å². The minimum absolute atomic E-state index is 0.0645. The second-order valence-electron chi connectivity index (χ2n) is 8.50. The third-order valence-corrected chi connectivity index (χ3v) is 4.91. The molecular weight excluding hydrogens is 398 g/mol. The van der Waals surface area contributed by atoms with Gasteiger partial charge in [0.1, 0.15) is 23.3 Å². The topological polar surface area (TPSA) is 107 Å². The number of hydrogen-bond donors (Lipinski definition) is 1. The van der Waals surface area contributed by atoms with E-state index < -0.39 is 5.60 Å². The Labute approximate surface area is 180 Å². The number of carbonyl (C=O) groups is 1. The number of carbonyl (C=O) groups excluding carboxylic acids is 1. The van der Waals surface area contributed by atoms with Crippen molar-refractivity contribution in [2.45, 2.75) is 45.3 Å². The van der Waals surface area contributed by atoms with E-state index in [1.54, 1.807) is 36.9 Å². The Balaban J connectivity index is 1.50. The van der Waals surface area contributed by atoms with Gasteiger partial charge in [-0.3, -0.25) is 9.55 Å². The second kappa shape index (κ2) is 8.37. The molecule has 0 unspecified atom stereocenters. The standard InChI is InChI=1S/C21H27N7O3/c1-21(2,3)31-20(29)27-7-5-6-14(12-27)25-17-10-22-11-18(26-17)28-13-24-15-9-23-19(30-4)8-16(15)28/h8-11,13-14H,5-7,12H2,1-4H3,(H,25,26)/t14-/m1/s1. The maximum Gasteiger partial charge on any atom is 0.410 e. The Morgan fingerprint density at radius 3 is 2.84 bits per heavy atom. The molecule has 0 saturated carbocycles. The van der Waals surface area contributed by atoms with Gasteiger partial charge in [-0.25, -0.2) is 19.7 Å². The molecule has 1 amide bonds. The molecule has 0 spiro atoms. The summed E-state index contributed by atoms with van der Waals surface area (Å²) in [5.74, 6) is 1.76. The molecule has 1 N–H and O–H groups in total. The molecule has 1 aliphatic rings. The van der Waals surface area contributed by atoms with Gasteiger partial charge >= 0.3 is 6.09 Å². The molecule has 1 saturated heterocycles. The number of amides is 1. The van der Waals surface area contributed by atoms with Crippen LogP contribution in [0.25, 0.3) is 16.9 Å². The highest BCUT2D eigenvalue weighted by Gasteiger charge is 2.27. The van der Waals surface area contributed by atoms with Gasteiger partial charge in [-0.15, -0.1) is 0 Å². The number of methoxy groups -OCH3 is 1. The van der Waals surface area contributed by atoms with Crippen molar-refractivity contribution in [2.24, 2.45) is 0 Å². The van der Waals surface area contributed by atoms with E-state index in [0.29, 0.717) is 30.6 Å². The van der Waals surface area contributed by atoms with Crippen LogP contribution in [0.15, 0.2) is 31.0 Å². The van der Waals surface area contributed by atoms with Crippen LogP contribution in [0, 0.1) is 0 Å². The maximum absolute atomic E-state index is 12.4. The quantitative estimate of drug-likeness (QED) is 0.680. The van der Waals surface area contributed by atoms with Crippen LogP contribution >= 0.6 is 0 Å². The number of piperidine rings is 1. The molecule has 0 aromatic carbocycles. The number of fused-ring (bicyclic) bond motifs is 1. The van der Waals surface area contributed by atoms with Gasteiger partial charge in [0.25, 0.3) is 0 Å². The number of pyridine rings is 1. The number of ether oxygens (including phenoxy) is 2. The van der Waals surface area contributed by atoms with E-state index in [4.69, 9.17) is 14.5 Å². The number of anilines is 1. The van der Waals surface area contributed by atoms with Crippen molar-refractivity contribution >= 4 is 22.9 Å². The highest BCUT2D eigenvalue weighted by molar-refractivity contribution is 5.77. The minimum atomic E-state index is -0.511. The molecule has 1 aliphatic heterocycles. The van der Waals surface area contributed by atoms with E-state index in [1.165, 1.54) is 0 Å². The van der Waals surface area contributed by atoms with Crippen LogP contribution in [0.4, 0.5) is 10.6 Å². The van der Waals surface area contributed by atoms with Gasteiger partial charge < -0.3 is 19.7 Å². The van der Waals surface area contributed by atoms with Gasteiger partial charge in [-0.05, 0) is 33.6 Å². The summed E-state index contributed by atoms with van der Waals surface area (Å²) in [5.41, 5.74) is 1.05. The summed E-state index contributed by atoms with van der Waals surface area (Å²) in [6, 6.07) is 1.87. The number of rotatable bonds is 4. The highest BCUT2D eigenvalue weighted by Crippen LogP contribution is 2.21. The maximum atomic E-state index is 12.4. The van der Waals surface area contributed by atoms with E-state index in [2.05, 4.69) is 20.3 Å². The van der Waals surface area contributed by atoms with Crippen molar-refractivity contribution in [1.29, 1.82) is 0 Å². The fraction of sp³-hybridized carbons (Fsp3) is 0.476. The Morgan fingerprint density at radius 2 is 2.06 bits per heavy atom. The molecule has 1 fully saturated rings. The Morgan fingerprint density at radius 1 is 1.23 bits per heavy atom. The number of nitrogens with one attached hydrogen (secondary N) is 1. The molecule has 3 aromatic heterocycles. The van der Waals surface area contributed by atoms with Crippen LogP contribution in [-0.2, 0) is 4.74 Å². The molecule has 10 heteroatoms. The number of likely N-dealkylation sites (tertiary alicyclic amines) is 1. The highest BCUT2D eigenvalue weighted by atomic mass is 16.6. The molecule has 4 heterocycles. The van der Waals surface area contributed by atoms with Gasteiger partial charge in [0, 0.05) is 25.2 Å². The lowest BCUT2D eigenvalue weighted by atomic mass is 10.1. The minimum Gasteiger partial charge on any atom is -0.481 e. The molecule has 1 atom stereocenters. The van der Waals surface area contributed by atoms with E-state index in [1.807, 2.05) is 31.4 Å². The average molecular weight is 425 g/mol. The molecule has 164 valence electrons. The molecule has 4 rings (SSSR count). The molecule has 3 aromatic rings. The van der Waals surface area contributed by atoms with Crippen molar-refractivity contribution in [3.05, 3.63) is 31.0 Å². The van der Waals surface area contributed by atoms with Gasteiger partial charge in [0.2, 0.25) is 5.88 Å². The van der Waals surface area contributed by atoms with Crippen molar-refractivity contribution in [3.63, 3.8) is 0 Å². The first-order chi connectivity index (χ1) is 14.8. The lowest BCUT2D eigenvalue weighted by Crippen LogP contribution is -2.47. The average Bonchev–Trinajstić information content (AvgIpc) is 3.16. The second-order valence-corrected chi connectivity index (χ2v) is 8.50. The summed E-state index contributed by atoms with van der Waals surface area (Å²) in [6.07, 6.45) is 8.24. The lowest BCUT2D eigenvalue weighted by molar-refractivity contribution is 0.0206. The van der Waals surface area contributed by atoms with Gasteiger partial charge in [-0.2, -0.15) is 0 Å². The van der Waals surface area contributed by atoms with Gasteiger partial charge in [0.05, 0.1) is 31.2 Å². The monoisotopic (exact) mass is 425 g/mol. The predicted molar refractivity (Wildman–Crippen MR) is 115 cm³/mol. The first kappa shape index (κ1) is 20.8. The summed E-state index contributed by atoms with van der Waals surface area (Å²) in [7, 11) is 1.57. The number of imidazole rings is 1. The summed E-state index contributed by atoms with van der Waals surface area (Å²) in [4.78, 5) is 31.7. The van der Waals surface area contributed by atoms with Gasteiger partial charge in [-0.1, -0.05) is 0 Å². The number of nitrogens with zero attached hydrogens (tertiary/aromatic N) is 6. The summed E-state index contributed by atoms with van der Waals surface area (Å²) >= 11 is 0. The third kappa shape index (κ3) is 4.84. The van der Waals surface area contributed by atoms with Crippen LogP contribution in [0.2, 0.25) is 0 Å². The van der Waals surface area contributed by atoms with E-state index in [-0.39, 0.29) is 12.1 Å².